The minimum absolute atomic E-state index is 0.0135. The van der Waals surface area contributed by atoms with E-state index in [0.717, 1.165) is 43.9 Å². The molecule has 0 saturated carbocycles. The lowest BCUT2D eigenvalue weighted by molar-refractivity contribution is 0.0256. The number of hydrogen-bond acceptors (Lipinski definition) is 6. The summed E-state index contributed by atoms with van der Waals surface area (Å²) in [6.45, 7) is 8.39. The molecule has 3 rings (SSSR count). The molecule has 0 aliphatic carbocycles. The Labute approximate surface area is 166 Å². The van der Waals surface area contributed by atoms with Gasteiger partial charge in [-0.15, -0.1) is 5.10 Å². The lowest BCUT2D eigenvalue weighted by Gasteiger charge is -2.45. The smallest absolute Gasteiger partial charge is 0.255 e. The van der Waals surface area contributed by atoms with Gasteiger partial charge in [0.2, 0.25) is 0 Å². The molecule has 0 spiro atoms. The summed E-state index contributed by atoms with van der Waals surface area (Å²) in [6, 6.07) is 3.73. The molecule has 1 fully saturated rings. The van der Waals surface area contributed by atoms with Crippen LogP contribution in [-0.4, -0.2) is 68.1 Å². The third-order valence-electron chi connectivity index (χ3n) is 5.64. The van der Waals surface area contributed by atoms with Crippen LogP contribution in [-0.2, 0) is 12.1 Å². The minimum atomic E-state index is -0.396. The van der Waals surface area contributed by atoms with Crippen LogP contribution >= 0.6 is 0 Å². The van der Waals surface area contributed by atoms with E-state index >= 15 is 0 Å². The molecule has 0 radical (unpaired) electrons. The fraction of sp³-hybridized carbons (Fsp3) is 0.650. The van der Waals surface area contributed by atoms with Crippen molar-refractivity contribution in [1.29, 1.82) is 0 Å². The van der Waals surface area contributed by atoms with Gasteiger partial charge < -0.3 is 4.90 Å². The Balaban J connectivity index is 1.88. The summed E-state index contributed by atoms with van der Waals surface area (Å²) in [5, 5.41) is 12.6. The molecule has 0 bridgehead atoms. The molecule has 3 heterocycles. The number of rotatable bonds is 6. The summed E-state index contributed by atoms with van der Waals surface area (Å²) in [6.07, 6.45) is 4.49. The van der Waals surface area contributed by atoms with Crippen molar-refractivity contribution in [2.45, 2.75) is 52.1 Å². The van der Waals surface area contributed by atoms with Gasteiger partial charge in [-0.05, 0) is 68.8 Å². The molecule has 0 N–H and O–H groups in total. The monoisotopic (exact) mass is 385 g/mol. The molecule has 1 aliphatic heterocycles. The maximum atomic E-state index is 13.1. The molecule has 0 aromatic carbocycles. The number of carbonyl (C=O) groups excluding carboxylic acids is 1. The summed E-state index contributed by atoms with van der Waals surface area (Å²) in [4.78, 5) is 21.5. The molecule has 1 unspecified atom stereocenters. The zero-order valence-electron chi connectivity index (χ0n) is 17.6. The Hall–Kier alpha value is -2.35. The molecule has 1 aliphatic rings. The quantitative estimate of drug-likeness (QED) is 0.758. The highest BCUT2D eigenvalue weighted by Crippen LogP contribution is 2.35. The first-order chi connectivity index (χ1) is 13.3. The SMILES string of the molecule is Cc1ccc(C(=O)N2CCCC(c3nnnn3CCC(C)C)(N(C)C)C2)cn1. The van der Waals surface area contributed by atoms with Crippen LogP contribution < -0.4 is 0 Å². The van der Waals surface area contributed by atoms with E-state index in [2.05, 4.69) is 39.3 Å². The third-order valence-corrected chi connectivity index (χ3v) is 5.64. The first-order valence-electron chi connectivity index (χ1n) is 9.99. The molecule has 1 amide bonds. The molecule has 1 atom stereocenters. The van der Waals surface area contributed by atoms with E-state index < -0.39 is 5.54 Å². The van der Waals surface area contributed by atoms with Gasteiger partial charge >= 0.3 is 0 Å². The van der Waals surface area contributed by atoms with Crippen LogP contribution in [0.5, 0.6) is 0 Å². The molecule has 8 heteroatoms. The van der Waals surface area contributed by atoms with Gasteiger partial charge in [0.1, 0.15) is 5.54 Å². The maximum Gasteiger partial charge on any atom is 0.255 e. The molecule has 1 saturated heterocycles. The van der Waals surface area contributed by atoms with Crippen LogP contribution in [0.2, 0.25) is 0 Å². The Kier molecular flexibility index (Phi) is 6.07. The number of amides is 1. The van der Waals surface area contributed by atoms with Gasteiger partial charge in [-0.3, -0.25) is 14.7 Å². The lowest BCUT2D eigenvalue weighted by atomic mass is 9.86. The number of aryl methyl sites for hydroxylation is 2. The van der Waals surface area contributed by atoms with Crippen molar-refractivity contribution in [3.05, 3.63) is 35.4 Å². The fourth-order valence-corrected chi connectivity index (χ4v) is 3.80. The Morgan fingerprint density at radius 2 is 2.11 bits per heavy atom. The number of nitrogens with zero attached hydrogens (tertiary/aromatic N) is 7. The molecular formula is C20H31N7O. The number of pyridine rings is 1. The summed E-state index contributed by atoms with van der Waals surface area (Å²) >= 11 is 0. The number of aromatic nitrogens is 5. The van der Waals surface area contributed by atoms with E-state index in [0.29, 0.717) is 18.0 Å². The van der Waals surface area contributed by atoms with E-state index in [-0.39, 0.29) is 5.91 Å². The molecule has 8 nitrogen and oxygen atoms in total. The van der Waals surface area contributed by atoms with Crippen molar-refractivity contribution in [2.24, 2.45) is 5.92 Å². The Bertz CT molecular complexity index is 799. The lowest BCUT2D eigenvalue weighted by Crippen LogP contribution is -2.56. The van der Waals surface area contributed by atoms with Crippen LogP contribution in [0.25, 0.3) is 0 Å². The summed E-state index contributed by atoms with van der Waals surface area (Å²) in [5.74, 6) is 1.43. The fourth-order valence-electron chi connectivity index (χ4n) is 3.80. The largest absolute Gasteiger partial charge is 0.336 e. The van der Waals surface area contributed by atoms with Crippen LogP contribution in [0.1, 0.15) is 55.0 Å². The van der Waals surface area contributed by atoms with E-state index in [1.54, 1.807) is 6.20 Å². The van der Waals surface area contributed by atoms with Gasteiger partial charge in [0.25, 0.3) is 5.91 Å². The minimum Gasteiger partial charge on any atom is -0.336 e. The highest BCUT2D eigenvalue weighted by atomic mass is 16.2. The second-order valence-electron chi connectivity index (χ2n) is 8.35. The summed E-state index contributed by atoms with van der Waals surface area (Å²) in [7, 11) is 4.09. The first-order valence-corrected chi connectivity index (χ1v) is 9.99. The molecular weight excluding hydrogens is 354 g/mol. The number of piperidine rings is 1. The predicted molar refractivity (Wildman–Crippen MR) is 107 cm³/mol. The standard InChI is InChI=1S/C20H31N7O/c1-15(2)9-12-27-19(22-23-24-27)20(25(4)5)10-6-11-26(14-20)18(28)17-8-7-16(3)21-13-17/h7-8,13,15H,6,9-12,14H2,1-5H3. The average Bonchev–Trinajstić information content (AvgIpc) is 3.15. The van der Waals surface area contributed by atoms with Crippen LogP contribution in [0.4, 0.5) is 0 Å². The van der Waals surface area contributed by atoms with Crippen LogP contribution in [0, 0.1) is 12.8 Å². The van der Waals surface area contributed by atoms with Crippen molar-refractivity contribution in [3.63, 3.8) is 0 Å². The predicted octanol–water partition coefficient (Wildman–Crippen LogP) is 2.12. The number of likely N-dealkylation sites (N-methyl/N-ethyl adjacent to an activating group) is 1. The maximum absolute atomic E-state index is 13.1. The van der Waals surface area contributed by atoms with Crippen molar-refractivity contribution in [3.8, 4) is 0 Å². The third kappa shape index (κ3) is 4.06. The number of tetrazole rings is 1. The Morgan fingerprint density at radius 1 is 1.32 bits per heavy atom. The van der Waals surface area contributed by atoms with E-state index in [1.165, 1.54) is 0 Å². The molecule has 28 heavy (non-hydrogen) atoms. The normalized spacial score (nSPS) is 20.2. The molecule has 2 aromatic rings. The van der Waals surface area contributed by atoms with E-state index in [9.17, 15) is 4.79 Å². The zero-order chi connectivity index (χ0) is 20.3. The highest BCUT2D eigenvalue weighted by Gasteiger charge is 2.44. The second kappa shape index (κ2) is 8.34. The van der Waals surface area contributed by atoms with Gasteiger partial charge in [0.05, 0.1) is 5.56 Å². The van der Waals surface area contributed by atoms with Crippen molar-refractivity contribution in [1.82, 2.24) is 35.0 Å². The topological polar surface area (TPSA) is 80.0 Å². The van der Waals surface area contributed by atoms with Gasteiger partial charge in [-0.1, -0.05) is 13.8 Å². The van der Waals surface area contributed by atoms with Crippen molar-refractivity contribution < 1.29 is 4.79 Å². The van der Waals surface area contributed by atoms with Gasteiger partial charge in [0.15, 0.2) is 5.82 Å². The van der Waals surface area contributed by atoms with Crippen molar-refractivity contribution in [2.75, 3.05) is 27.2 Å². The average molecular weight is 386 g/mol. The van der Waals surface area contributed by atoms with Gasteiger partial charge in [-0.25, -0.2) is 4.68 Å². The second-order valence-corrected chi connectivity index (χ2v) is 8.35. The van der Waals surface area contributed by atoms with Gasteiger partial charge in [0, 0.05) is 31.5 Å². The highest BCUT2D eigenvalue weighted by molar-refractivity contribution is 5.94. The van der Waals surface area contributed by atoms with E-state index in [4.69, 9.17) is 0 Å². The molecule has 152 valence electrons. The summed E-state index contributed by atoms with van der Waals surface area (Å²) in [5.41, 5.74) is 1.13. The van der Waals surface area contributed by atoms with Crippen LogP contribution in [0.15, 0.2) is 18.3 Å². The summed E-state index contributed by atoms with van der Waals surface area (Å²) < 4.78 is 1.92. The Morgan fingerprint density at radius 3 is 2.75 bits per heavy atom. The number of likely N-dealkylation sites (tertiary alicyclic amines) is 1. The zero-order valence-corrected chi connectivity index (χ0v) is 17.6. The number of hydrogen-bond donors (Lipinski definition) is 0. The van der Waals surface area contributed by atoms with Crippen LogP contribution in [0.3, 0.4) is 0 Å². The first kappa shape index (κ1) is 20.4. The number of carbonyl (C=O) groups is 1. The van der Waals surface area contributed by atoms with Crippen molar-refractivity contribution >= 4 is 5.91 Å². The van der Waals surface area contributed by atoms with Gasteiger partial charge in [-0.2, -0.15) is 0 Å². The van der Waals surface area contributed by atoms with E-state index in [1.807, 2.05) is 42.7 Å². The molecule has 2 aromatic heterocycles.